The van der Waals surface area contributed by atoms with E-state index in [-0.39, 0.29) is 0 Å². The van der Waals surface area contributed by atoms with Crippen molar-refractivity contribution in [2.75, 3.05) is 37.6 Å². The summed E-state index contributed by atoms with van der Waals surface area (Å²) in [6, 6.07) is 0.731. The van der Waals surface area contributed by atoms with Crippen molar-refractivity contribution in [3.05, 3.63) is 17.3 Å². The first-order valence-corrected chi connectivity index (χ1v) is 8.38. The van der Waals surface area contributed by atoms with Gasteiger partial charge in [0.05, 0.1) is 5.69 Å². The van der Waals surface area contributed by atoms with Gasteiger partial charge in [-0.1, -0.05) is 0 Å². The highest BCUT2D eigenvalue weighted by Gasteiger charge is 2.32. The lowest BCUT2D eigenvalue weighted by Crippen LogP contribution is -2.50. The summed E-state index contributed by atoms with van der Waals surface area (Å²) >= 11 is 1.71. The molecule has 0 aromatic carbocycles. The summed E-state index contributed by atoms with van der Waals surface area (Å²) in [7, 11) is 0. The third-order valence-electron chi connectivity index (χ3n) is 4.61. The van der Waals surface area contributed by atoms with Gasteiger partial charge in [-0.05, 0) is 25.9 Å². The van der Waals surface area contributed by atoms with Crippen LogP contribution in [0.4, 0.5) is 5.82 Å². The largest absolute Gasteiger partial charge is 0.352 e. The minimum Gasteiger partial charge on any atom is -0.352 e. The van der Waals surface area contributed by atoms with Gasteiger partial charge >= 0.3 is 0 Å². The first-order chi connectivity index (χ1) is 9.86. The predicted octanol–water partition coefficient (Wildman–Crippen LogP) is 1.18. The maximum atomic E-state index is 5.80. The second-order valence-electron chi connectivity index (χ2n) is 5.75. The van der Waals surface area contributed by atoms with Crippen LogP contribution in [0.1, 0.15) is 18.5 Å². The van der Waals surface area contributed by atoms with Crippen LogP contribution < -0.4 is 10.6 Å². The number of hydrogen-bond acceptors (Lipinski definition) is 5. The Morgan fingerprint density at radius 2 is 2.30 bits per heavy atom. The third-order valence-corrected chi connectivity index (χ3v) is 5.36. The average molecular weight is 291 g/mol. The van der Waals surface area contributed by atoms with Crippen LogP contribution >= 0.6 is 11.3 Å². The molecule has 0 amide bonds. The van der Waals surface area contributed by atoms with E-state index in [1.807, 2.05) is 0 Å². The highest BCUT2D eigenvalue weighted by Crippen LogP contribution is 2.29. The lowest BCUT2D eigenvalue weighted by molar-refractivity contribution is 0.230. The Morgan fingerprint density at radius 3 is 3.20 bits per heavy atom. The van der Waals surface area contributed by atoms with Crippen molar-refractivity contribution in [1.29, 1.82) is 0 Å². The first kappa shape index (κ1) is 12.6. The molecule has 0 spiro atoms. The third kappa shape index (κ3) is 1.94. The van der Waals surface area contributed by atoms with Crippen molar-refractivity contribution >= 4 is 22.1 Å². The molecule has 4 rings (SSSR count). The van der Waals surface area contributed by atoms with Gasteiger partial charge in [0.2, 0.25) is 0 Å². The molecule has 20 heavy (non-hydrogen) atoms. The molecule has 0 saturated carbocycles. The van der Waals surface area contributed by atoms with Crippen LogP contribution in [0.25, 0.3) is 4.96 Å². The van der Waals surface area contributed by atoms with Crippen molar-refractivity contribution in [3.63, 3.8) is 0 Å². The fraction of sp³-hybridized carbons (Fsp3) is 0.643. The van der Waals surface area contributed by atoms with Gasteiger partial charge in [-0.25, -0.2) is 4.98 Å². The van der Waals surface area contributed by atoms with Crippen LogP contribution in [0, 0.1) is 0 Å². The lowest BCUT2D eigenvalue weighted by Gasteiger charge is -2.38. The molecule has 108 valence electrons. The number of aromatic nitrogens is 2. The Kier molecular flexibility index (Phi) is 3.17. The fourth-order valence-corrected chi connectivity index (χ4v) is 4.35. The molecule has 4 heterocycles. The summed E-state index contributed by atoms with van der Waals surface area (Å²) in [5.74, 6) is 1.17. The van der Waals surface area contributed by atoms with Crippen molar-refractivity contribution in [3.8, 4) is 0 Å². The van der Waals surface area contributed by atoms with Gasteiger partial charge in [0.15, 0.2) is 10.8 Å². The van der Waals surface area contributed by atoms with Crippen LogP contribution in [0.3, 0.4) is 0 Å². The minimum absolute atomic E-state index is 0.681. The van der Waals surface area contributed by atoms with Gasteiger partial charge < -0.3 is 10.6 Å². The van der Waals surface area contributed by atoms with Crippen molar-refractivity contribution in [1.82, 2.24) is 14.3 Å². The van der Waals surface area contributed by atoms with Crippen molar-refractivity contribution in [2.24, 2.45) is 5.73 Å². The quantitative estimate of drug-likeness (QED) is 0.922. The molecule has 1 unspecified atom stereocenters. The molecule has 0 radical (unpaired) electrons. The van der Waals surface area contributed by atoms with Crippen LogP contribution in [0.15, 0.2) is 11.6 Å². The molecule has 5 nitrogen and oxygen atoms in total. The molecule has 2 N–H and O–H groups in total. The molecule has 6 heteroatoms. The Hall–Kier alpha value is -1.11. The van der Waals surface area contributed by atoms with Crippen LogP contribution in [-0.4, -0.2) is 53.1 Å². The molecule has 2 aliphatic heterocycles. The van der Waals surface area contributed by atoms with Crippen LogP contribution in [0.5, 0.6) is 0 Å². The Balaban J connectivity index is 1.67. The molecule has 0 bridgehead atoms. The number of piperazine rings is 1. The highest BCUT2D eigenvalue weighted by atomic mass is 32.1. The lowest BCUT2D eigenvalue weighted by atomic mass is 10.1. The second-order valence-corrected chi connectivity index (χ2v) is 6.63. The fourth-order valence-electron chi connectivity index (χ4n) is 3.63. The van der Waals surface area contributed by atoms with Crippen LogP contribution in [0.2, 0.25) is 0 Å². The molecule has 0 aliphatic carbocycles. The van der Waals surface area contributed by atoms with Crippen LogP contribution in [-0.2, 0) is 6.42 Å². The summed E-state index contributed by atoms with van der Waals surface area (Å²) in [5, 5.41) is 2.10. The van der Waals surface area contributed by atoms with Gasteiger partial charge in [-0.15, -0.1) is 11.3 Å². The number of hydrogen-bond donors (Lipinski definition) is 1. The highest BCUT2D eigenvalue weighted by molar-refractivity contribution is 7.15. The summed E-state index contributed by atoms with van der Waals surface area (Å²) in [4.78, 5) is 11.1. The van der Waals surface area contributed by atoms with E-state index in [9.17, 15) is 0 Å². The summed E-state index contributed by atoms with van der Waals surface area (Å²) in [6.07, 6.45) is 5.71. The van der Waals surface area contributed by atoms with Gasteiger partial charge in [0, 0.05) is 43.7 Å². The zero-order chi connectivity index (χ0) is 13.5. The molecule has 2 aliphatic rings. The van der Waals surface area contributed by atoms with E-state index in [1.54, 1.807) is 11.3 Å². The maximum absolute atomic E-state index is 5.80. The molecule has 2 aromatic rings. The van der Waals surface area contributed by atoms with Gasteiger partial charge in [-0.2, -0.15) is 0 Å². The van der Waals surface area contributed by atoms with E-state index in [1.165, 1.54) is 37.4 Å². The van der Waals surface area contributed by atoms with Gasteiger partial charge in [0.25, 0.3) is 0 Å². The Bertz CT molecular complexity index is 604. The molecule has 2 saturated heterocycles. The smallest absolute Gasteiger partial charge is 0.195 e. The van der Waals surface area contributed by atoms with E-state index in [0.717, 1.165) is 30.5 Å². The molecule has 2 fully saturated rings. The van der Waals surface area contributed by atoms with Gasteiger partial charge in [0.1, 0.15) is 0 Å². The predicted molar refractivity (Wildman–Crippen MR) is 82.6 cm³/mol. The van der Waals surface area contributed by atoms with E-state index in [4.69, 9.17) is 10.7 Å². The van der Waals surface area contributed by atoms with E-state index in [0.29, 0.717) is 6.54 Å². The summed E-state index contributed by atoms with van der Waals surface area (Å²) < 4.78 is 2.22. The Labute approximate surface area is 123 Å². The summed E-state index contributed by atoms with van der Waals surface area (Å²) in [5.41, 5.74) is 7.09. The molecular formula is C14H21N5S. The Morgan fingerprint density at radius 1 is 1.35 bits per heavy atom. The standard InChI is InChI=1S/C14H21N5S/c15-4-3-12-13(16-14-19(12)8-9-20-14)18-7-6-17-5-1-2-11(17)10-18/h8-9,11H,1-7,10,15H2. The second kappa shape index (κ2) is 5.02. The zero-order valence-electron chi connectivity index (χ0n) is 11.7. The summed E-state index contributed by atoms with van der Waals surface area (Å²) in [6.45, 7) is 5.37. The maximum Gasteiger partial charge on any atom is 0.195 e. The number of thiazole rings is 1. The normalized spacial score (nSPS) is 23.6. The topological polar surface area (TPSA) is 49.8 Å². The molecular weight excluding hydrogens is 270 g/mol. The first-order valence-electron chi connectivity index (χ1n) is 7.50. The van der Waals surface area contributed by atoms with Crippen molar-refractivity contribution in [2.45, 2.75) is 25.3 Å². The number of nitrogens with zero attached hydrogens (tertiary/aromatic N) is 4. The zero-order valence-corrected chi connectivity index (χ0v) is 12.5. The SMILES string of the molecule is NCCc1c(N2CCN3CCCC3C2)nc2sccn12. The van der Waals surface area contributed by atoms with E-state index >= 15 is 0 Å². The average Bonchev–Trinajstić information content (AvgIpc) is 3.14. The van der Waals surface area contributed by atoms with E-state index in [2.05, 4.69) is 25.8 Å². The molecule has 2 aromatic heterocycles. The molecule has 1 atom stereocenters. The monoisotopic (exact) mass is 291 g/mol. The minimum atomic E-state index is 0.681. The number of rotatable bonds is 3. The number of imidazole rings is 1. The number of fused-ring (bicyclic) bond motifs is 2. The van der Waals surface area contributed by atoms with Gasteiger partial charge in [-0.3, -0.25) is 9.30 Å². The number of anilines is 1. The van der Waals surface area contributed by atoms with E-state index < -0.39 is 0 Å². The number of nitrogens with two attached hydrogens (primary N) is 1. The van der Waals surface area contributed by atoms with Crippen molar-refractivity contribution < 1.29 is 0 Å².